The van der Waals surface area contributed by atoms with E-state index in [0.717, 1.165) is 35.0 Å². The van der Waals surface area contributed by atoms with Gasteiger partial charge in [-0.2, -0.15) is 5.26 Å². The number of anilines is 1. The average Bonchev–Trinajstić information content (AvgIpc) is 2.98. The van der Waals surface area contributed by atoms with Crippen LogP contribution in [0.25, 0.3) is 10.8 Å². The number of piperazine rings is 1. The van der Waals surface area contributed by atoms with Gasteiger partial charge in [0.2, 0.25) is 5.91 Å². The zero-order valence-electron chi connectivity index (χ0n) is 23.1. The Morgan fingerprint density at radius 1 is 0.872 bits per heavy atom. The number of nitriles is 1. The number of rotatable bonds is 6. The normalized spacial score (nSPS) is 15.9. The van der Waals surface area contributed by atoms with Crippen LogP contribution in [0.1, 0.15) is 35.1 Å². The number of fused-ring (bicyclic) bond motifs is 1. The molecule has 1 aliphatic heterocycles. The molecule has 1 heterocycles. The number of carbonyl (C=O) groups is 1. The first kappa shape index (κ1) is 26.3. The highest BCUT2D eigenvalue weighted by Gasteiger charge is 2.47. The lowest BCUT2D eigenvalue weighted by Gasteiger charge is -2.41. The molecule has 1 aliphatic rings. The van der Waals surface area contributed by atoms with Gasteiger partial charge < -0.3 is 14.5 Å². The van der Waals surface area contributed by atoms with E-state index in [2.05, 4.69) is 61.2 Å². The van der Waals surface area contributed by atoms with Crippen LogP contribution in [0.4, 0.5) is 5.69 Å². The molecule has 0 aliphatic carbocycles. The molecule has 198 valence electrons. The van der Waals surface area contributed by atoms with Crippen molar-refractivity contribution in [3.8, 4) is 11.8 Å². The van der Waals surface area contributed by atoms with Crippen molar-refractivity contribution in [2.45, 2.75) is 26.7 Å². The quantitative estimate of drug-likeness (QED) is 0.294. The zero-order valence-corrected chi connectivity index (χ0v) is 23.1. The van der Waals surface area contributed by atoms with Crippen LogP contribution in [0, 0.1) is 30.6 Å². The Balaban J connectivity index is 1.53. The molecule has 0 aromatic heterocycles. The van der Waals surface area contributed by atoms with Gasteiger partial charge >= 0.3 is 0 Å². The lowest BCUT2D eigenvalue weighted by atomic mass is 9.68. The Morgan fingerprint density at radius 3 is 2.26 bits per heavy atom. The minimum Gasteiger partial charge on any atom is -0.496 e. The van der Waals surface area contributed by atoms with E-state index in [4.69, 9.17) is 4.74 Å². The summed E-state index contributed by atoms with van der Waals surface area (Å²) < 4.78 is 5.76. The summed E-state index contributed by atoms with van der Waals surface area (Å²) in [6.07, 6.45) is 0. The van der Waals surface area contributed by atoms with Gasteiger partial charge in [-0.3, -0.25) is 4.79 Å². The van der Waals surface area contributed by atoms with Crippen molar-refractivity contribution in [2.24, 2.45) is 5.41 Å². The van der Waals surface area contributed by atoms with Gasteiger partial charge in [0.05, 0.1) is 13.2 Å². The SMILES string of the molecule is COc1ccccc1C(c1cccc2ccccc12)[C@@](C)(C#N)C(=O)N1CCN(c2ccc(C)c(C)c2)CC1. The lowest BCUT2D eigenvalue weighted by molar-refractivity contribution is -0.139. The molecule has 0 N–H and O–H groups in total. The highest BCUT2D eigenvalue weighted by atomic mass is 16.5. The molecule has 0 radical (unpaired) electrons. The molecule has 5 nitrogen and oxygen atoms in total. The van der Waals surface area contributed by atoms with E-state index < -0.39 is 11.3 Å². The third kappa shape index (κ3) is 4.83. The maximum Gasteiger partial charge on any atom is 0.243 e. The van der Waals surface area contributed by atoms with Crippen molar-refractivity contribution in [1.29, 1.82) is 5.26 Å². The van der Waals surface area contributed by atoms with Crippen molar-refractivity contribution in [3.05, 3.63) is 107 Å². The van der Waals surface area contributed by atoms with Crippen molar-refractivity contribution in [1.82, 2.24) is 4.90 Å². The van der Waals surface area contributed by atoms with Gasteiger partial charge in [-0.05, 0) is 66.4 Å². The summed E-state index contributed by atoms with van der Waals surface area (Å²) in [6.45, 7) is 8.62. The lowest BCUT2D eigenvalue weighted by Crippen LogP contribution is -2.53. The number of benzene rings is 4. The number of para-hydroxylation sites is 1. The summed E-state index contributed by atoms with van der Waals surface area (Å²) in [5, 5.41) is 12.9. The molecular weight excluding hydrogens is 482 g/mol. The molecule has 4 aromatic rings. The Morgan fingerprint density at radius 2 is 1.54 bits per heavy atom. The van der Waals surface area contributed by atoms with E-state index in [1.807, 2.05) is 53.4 Å². The summed E-state index contributed by atoms with van der Waals surface area (Å²) >= 11 is 0. The van der Waals surface area contributed by atoms with Crippen LogP contribution in [0.15, 0.2) is 84.9 Å². The van der Waals surface area contributed by atoms with Crippen LogP contribution in [-0.4, -0.2) is 44.1 Å². The predicted octanol–water partition coefficient (Wildman–Crippen LogP) is 6.48. The van der Waals surface area contributed by atoms with Crippen molar-refractivity contribution < 1.29 is 9.53 Å². The Labute approximate surface area is 231 Å². The van der Waals surface area contributed by atoms with Crippen LogP contribution in [0.5, 0.6) is 5.75 Å². The summed E-state index contributed by atoms with van der Waals surface area (Å²) in [5.74, 6) is 0.00729. The van der Waals surface area contributed by atoms with E-state index >= 15 is 0 Å². The number of methoxy groups -OCH3 is 1. The van der Waals surface area contributed by atoms with E-state index in [1.165, 1.54) is 16.8 Å². The molecule has 0 bridgehead atoms. The summed E-state index contributed by atoms with van der Waals surface area (Å²) in [4.78, 5) is 18.6. The molecular formula is C34H35N3O2. The largest absolute Gasteiger partial charge is 0.496 e. The van der Waals surface area contributed by atoms with E-state index in [-0.39, 0.29) is 5.91 Å². The molecule has 1 saturated heterocycles. The fourth-order valence-electron chi connectivity index (χ4n) is 5.85. The third-order valence-electron chi connectivity index (χ3n) is 8.26. The molecule has 0 spiro atoms. The van der Waals surface area contributed by atoms with E-state index in [9.17, 15) is 10.1 Å². The highest BCUT2D eigenvalue weighted by Crippen LogP contribution is 2.47. The van der Waals surface area contributed by atoms with Crippen molar-refractivity contribution >= 4 is 22.4 Å². The first-order valence-corrected chi connectivity index (χ1v) is 13.5. The van der Waals surface area contributed by atoms with Gasteiger partial charge in [0.15, 0.2) is 0 Å². The van der Waals surface area contributed by atoms with Crippen LogP contribution in [0.3, 0.4) is 0 Å². The summed E-state index contributed by atoms with van der Waals surface area (Å²) in [6, 6.07) is 31.0. The number of hydrogen-bond donors (Lipinski definition) is 0. The second kappa shape index (κ2) is 10.8. The highest BCUT2D eigenvalue weighted by molar-refractivity contribution is 5.91. The second-order valence-corrected chi connectivity index (χ2v) is 10.6. The fraction of sp³-hybridized carbons (Fsp3) is 0.294. The van der Waals surface area contributed by atoms with Crippen LogP contribution in [-0.2, 0) is 4.79 Å². The molecule has 5 heteroatoms. The number of amides is 1. The summed E-state index contributed by atoms with van der Waals surface area (Å²) in [7, 11) is 1.64. The first-order chi connectivity index (χ1) is 18.9. The Bertz CT molecular complexity index is 1540. The van der Waals surface area contributed by atoms with Gasteiger partial charge in [-0.1, -0.05) is 66.7 Å². The molecule has 2 atom stereocenters. The average molecular weight is 518 g/mol. The van der Waals surface area contributed by atoms with E-state index in [0.29, 0.717) is 18.8 Å². The van der Waals surface area contributed by atoms with Crippen LogP contribution >= 0.6 is 0 Å². The molecule has 1 amide bonds. The number of hydrogen-bond acceptors (Lipinski definition) is 4. The molecule has 1 fully saturated rings. The van der Waals surface area contributed by atoms with Gasteiger partial charge in [-0.25, -0.2) is 0 Å². The van der Waals surface area contributed by atoms with Gasteiger partial charge in [0, 0.05) is 43.3 Å². The standard InChI is InChI=1S/C34H35N3O2/c1-24-16-17-27(22-25(24)2)36-18-20-37(21-19-36)33(38)34(3,23-35)32(30-13-7-8-15-31(30)39-4)29-14-9-11-26-10-5-6-12-28(26)29/h5-17,22,32H,18-21H2,1-4H3/t32?,34-/m1/s1. The van der Waals surface area contributed by atoms with Gasteiger partial charge in [0.1, 0.15) is 11.2 Å². The maximum atomic E-state index is 14.4. The smallest absolute Gasteiger partial charge is 0.243 e. The van der Waals surface area contributed by atoms with Crippen molar-refractivity contribution in [2.75, 3.05) is 38.2 Å². The number of nitrogens with zero attached hydrogens (tertiary/aromatic N) is 3. The summed E-state index contributed by atoms with van der Waals surface area (Å²) in [5.41, 5.74) is 4.15. The van der Waals surface area contributed by atoms with Crippen LogP contribution in [0.2, 0.25) is 0 Å². The number of carbonyl (C=O) groups excluding carboxylic acids is 1. The molecule has 1 unspecified atom stereocenters. The minimum absolute atomic E-state index is 0.145. The number of ether oxygens (including phenoxy) is 1. The predicted molar refractivity (Wildman–Crippen MR) is 157 cm³/mol. The monoisotopic (exact) mass is 517 g/mol. The first-order valence-electron chi connectivity index (χ1n) is 13.5. The van der Waals surface area contributed by atoms with Gasteiger partial charge in [0.25, 0.3) is 0 Å². The molecule has 0 saturated carbocycles. The van der Waals surface area contributed by atoms with Crippen LogP contribution < -0.4 is 9.64 Å². The van der Waals surface area contributed by atoms with E-state index in [1.54, 1.807) is 14.0 Å². The topological polar surface area (TPSA) is 56.6 Å². The third-order valence-corrected chi connectivity index (χ3v) is 8.26. The molecule has 4 aromatic carbocycles. The second-order valence-electron chi connectivity index (χ2n) is 10.6. The minimum atomic E-state index is -1.35. The zero-order chi connectivity index (χ0) is 27.6. The Kier molecular flexibility index (Phi) is 7.30. The maximum absolute atomic E-state index is 14.4. The molecule has 5 rings (SSSR count). The van der Waals surface area contributed by atoms with Gasteiger partial charge in [-0.15, -0.1) is 0 Å². The Hall–Kier alpha value is -4.30. The number of aryl methyl sites for hydroxylation is 2. The van der Waals surface area contributed by atoms with Crippen molar-refractivity contribution in [3.63, 3.8) is 0 Å². The fourth-order valence-corrected chi connectivity index (χ4v) is 5.85. The molecule has 39 heavy (non-hydrogen) atoms.